The summed E-state index contributed by atoms with van der Waals surface area (Å²) < 4.78 is 23.5. The standard InChI is InChI=1S/C14H18ClNO4S/c1-10(11-3-2-4-12(15)7-11)16-5-6-21(19,20)9-13(16)8-14(17)18/h2-4,7,10,13H,5-6,8-9H2,1H3,(H,17,18). The Hall–Kier alpha value is -1.11. The second-order valence-electron chi connectivity index (χ2n) is 5.33. The van der Waals surface area contributed by atoms with Crippen molar-refractivity contribution in [3.05, 3.63) is 34.9 Å². The zero-order chi connectivity index (χ0) is 15.6. The lowest BCUT2D eigenvalue weighted by Crippen LogP contribution is -2.50. The van der Waals surface area contributed by atoms with Crippen LogP contribution in [0, 0.1) is 0 Å². The van der Waals surface area contributed by atoms with Gasteiger partial charge in [-0.25, -0.2) is 8.42 Å². The minimum atomic E-state index is -3.17. The van der Waals surface area contributed by atoms with Gasteiger partial charge in [-0.15, -0.1) is 0 Å². The van der Waals surface area contributed by atoms with E-state index in [0.717, 1.165) is 5.56 Å². The molecule has 21 heavy (non-hydrogen) atoms. The molecule has 0 radical (unpaired) electrons. The van der Waals surface area contributed by atoms with Gasteiger partial charge >= 0.3 is 5.97 Å². The molecule has 2 rings (SSSR count). The molecule has 0 bridgehead atoms. The Morgan fingerprint density at radius 3 is 2.86 bits per heavy atom. The Morgan fingerprint density at radius 1 is 1.52 bits per heavy atom. The fourth-order valence-corrected chi connectivity index (χ4v) is 4.49. The van der Waals surface area contributed by atoms with Crippen LogP contribution in [0.15, 0.2) is 24.3 Å². The largest absolute Gasteiger partial charge is 0.481 e. The third-order valence-electron chi connectivity index (χ3n) is 3.81. The van der Waals surface area contributed by atoms with E-state index in [2.05, 4.69) is 0 Å². The summed E-state index contributed by atoms with van der Waals surface area (Å²) in [5.41, 5.74) is 0.956. The summed E-state index contributed by atoms with van der Waals surface area (Å²) in [6.07, 6.45) is -0.176. The van der Waals surface area contributed by atoms with Crippen LogP contribution in [0.1, 0.15) is 24.9 Å². The fourth-order valence-electron chi connectivity index (χ4n) is 2.74. The van der Waals surface area contributed by atoms with Gasteiger partial charge in [0.15, 0.2) is 9.84 Å². The molecule has 7 heteroatoms. The van der Waals surface area contributed by atoms with Crippen molar-refractivity contribution in [2.75, 3.05) is 18.1 Å². The van der Waals surface area contributed by atoms with Gasteiger partial charge in [-0.3, -0.25) is 9.69 Å². The third-order valence-corrected chi connectivity index (χ3v) is 5.75. The van der Waals surface area contributed by atoms with Crippen LogP contribution in [0.5, 0.6) is 0 Å². The first-order chi connectivity index (χ1) is 9.78. The van der Waals surface area contributed by atoms with Crippen molar-refractivity contribution in [2.24, 2.45) is 0 Å². The highest BCUT2D eigenvalue weighted by atomic mass is 35.5. The molecular formula is C14H18ClNO4S. The smallest absolute Gasteiger partial charge is 0.304 e. The van der Waals surface area contributed by atoms with E-state index in [1.54, 1.807) is 6.07 Å². The lowest BCUT2D eigenvalue weighted by molar-refractivity contribution is -0.138. The molecule has 2 unspecified atom stereocenters. The summed E-state index contributed by atoms with van der Waals surface area (Å²) in [6, 6.07) is 6.76. The Balaban J connectivity index is 2.24. The van der Waals surface area contributed by atoms with Crippen LogP contribution >= 0.6 is 11.6 Å². The second-order valence-corrected chi connectivity index (χ2v) is 8.00. The molecular weight excluding hydrogens is 314 g/mol. The second kappa shape index (κ2) is 6.34. The van der Waals surface area contributed by atoms with Crippen molar-refractivity contribution in [3.63, 3.8) is 0 Å². The number of carboxylic acids is 1. The van der Waals surface area contributed by atoms with E-state index in [1.807, 2.05) is 30.0 Å². The normalized spacial score (nSPS) is 23.6. The first-order valence-electron chi connectivity index (χ1n) is 6.72. The Kier molecular flexibility index (Phi) is 4.91. The molecule has 0 amide bonds. The lowest BCUT2D eigenvalue weighted by Gasteiger charge is -2.39. The number of halogens is 1. The number of hydrogen-bond donors (Lipinski definition) is 1. The molecule has 1 aliphatic rings. The predicted octanol–water partition coefficient (Wildman–Crippen LogP) is 1.97. The van der Waals surface area contributed by atoms with Gasteiger partial charge in [0, 0.05) is 23.7 Å². The van der Waals surface area contributed by atoms with Crippen LogP contribution in [0.3, 0.4) is 0 Å². The number of sulfone groups is 1. The van der Waals surface area contributed by atoms with Crippen molar-refractivity contribution in [2.45, 2.75) is 25.4 Å². The predicted molar refractivity (Wildman–Crippen MR) is 81.3 cm³/mol. The fraction of sp³-hybridized carbons (Fsp3) is 0.500. The zero-order valence-corrected chi connectivity index (χ0v) is 13.3. The number of rotatable bonds is 4. The molecule has 1 heterocycles. The van der Waals surface area contributed by atoms with Gasteiger partial charge in [0.25, 0.3) is 0 Å². The number of hydrogen-bond acceptors (Lipinski definition) is 4. The average Bonchev–Trinajstić information content (AvgIpc) is 2.36. The number of carboxylic acid groups (broad SMARTS) is 1. The minimum Gasteiger partial charge on any atom is -0.481 e. The SMILES string of the molecule is CC(c1cccc(Cl)c1)N1CCS(=O)(=O)CC1CC(=O)O. The molecule has 1 aromatic carbocycles. The summed E-state index contributed by atoms with van der Waals surface area (Å²) in [6.45, 7) is 2.28. The summed E-state index contributed by atoms with van der Waals surface area (Å²) in [4.78, 5) is 12.9. The van der Waals surface area contributed by atoms with E-state index in [9.17, 15) is 13.2 Å². The number of aliphatic carboxylic acids is 1. The van der Waals surface area contributed by atoms with Gasteiger partial charge < -0.3 is 5.11 Å². The zero-order valence-electron chi connectivity index (χ0n) is 11.7. The van der Waals surface area contributed by atoms with Crippen LogP contribution in [-0.4, -0.2) is 48.5 Å². The molecule has 1 aliphatic heterocycles. The van der Waals surface area contributed by atoms with E-state index < -0.39 is 21.8 Å². The van der Waals surface area contributed by atoms with E-state index in [0.29, 0.717) is 11.6 Å². The number of benzene rings is 1. The molecule has 2 atom stereocenters. The van der Waals surface area contributed by atoms with Gasteiger partial charge in [0.2, 0.25) is 0 Å². The van der Waals surface area contributed by atoms with Crippen LogP contribution in [0.2, 0.25) is 5.02 Å². The maximum absolute atomic E-state index is 11.8. The summed E-state index contributed by atoms with van der Waals surface area (Å²) in [7, 11) is -3.17. The highest BCUT2D eigenvalue weighted by Crippen LogP contribution is 2.28. The van der Waals surface area contributed by atoms with Crippen LogP contribution in [0.25, 0.3) is 0 Å². The number of nitrogens with zero attached hydrogens (tertiary/aromatic N) is 1. The van der Waals surface area contributed by atoms with Crippen molar-refractivity contribution in [1.82, 2.24) is 4.90 Å². The molecule has 5 nitrogen and oxygen atoms in total. The van der Waals surface area contributed by atoms with E-state index in [1.165, 1.54) is 0 Å². The first kappa shape index (κ1) is 16.3. The maximum atomic E-state index is 11.8. The summed E-state index contributed by atoms with van der Waals surface area (Å²) in [5, 5.41) is 9.62. The monoisotopic (exact) mass is 331 g/mol. The van der Waals surface area contributed by atoms with Gasteiger partial charge in [0.1, 0.15) is 0 Å². The van der Waals surface area contributed by atoms with Gasteiger partial charge in [0.05, 0.1) is 17.9 Å². The van der Waals surface area contributed by atoms with Crippen molar-refractivity contribution < 1.29 is 18.3 Å². The quantitative estimate of drug-likeness (QED) is 0.913. The molecule has 0 spiro atoms. The van der Waals surface area contributed by atoms with Crippen LogP contribution < -0.4 is 0 Å². The minimum absolute atomic E-state index is 0.0635. The lowest BCUT2D eigenvalue weighted by atomic mass is 10.0. The summed E-state index contributed by atoms with van der Waals surface area (Å²) >= 11 is 5.99. The molecule has 116 valence electrons. The van der Waals surface area contributed by atoms with Crippen molar-refractivity contribution in [3.8, 4) is 0 Å². The van der Waals surface area contributed by atoms with E-state index >= 15 is 0 Å². The maximum Gasteiger partial charge on any atom is 0.304 e. The van der Waals surface area contributed by atoms with E-state index in [4.69, 9.17) is 16.7 Å². The van der Waals surface area contributed by atoms with Crippen molar-refractivity contribution >= 4 is 27.4 Å². The van der Waals surface area contributed by atoms with Crippen LogP contribution in [-0.2, 0) is 14.6 Å². The highest BCUT2D eigenvalue weighted by Gasteiger charge is 2.35. The topological polar surface area (TPSA) is 74.7 Å². The number of carbonyl (C=O) groups is 1. The first-order valence-corrected chi connectivity index (χ1v) is 8.92. The molecule has 1 saturated heterocycles. The Labute approximate surface area is 129 Å². The summed E-state index contributed by atoms with van der Waals surface area (Å²) in [5.74, 6) is -1.03. The van der Waals surface area contributed by atoms with E-state index in [-0.39, 0.29) is 24.0 Å². The highest BCUT2D eigenvalue weighted by molar-refractivity contribution is 7.91. The molecule has 1 N–H and O–H groups in total. The van der Waals surface area contributed by atoms with Crippen LogP contribution in [0.4, 0.5) is 0 Å². The van der Waals surface area contributed by atoms with Gasteiger partial charge in [-0.05, 0) is 24.6 Å². The average molecular weight is 332 g/mol. The molecule has 0 aliphatic carbocycles. The third kappa shape index (κ3) is 4.18. The molecule has 1 fully saturated rings. The van der Waals surface area contributed by atoms with Gasteiger partial charge in [-0.1, -0.05) is 23.7 Å². The molecule has 0 saturated carbocycles. The Morgan fingerprint density at radius 2 is 2.24 bits per heavy atom. The van der Waals surface area contributed by atoms with Crippen molar-refractivity contribution in [1.29, 1.82) is 0 Å². The molecule has 0 aromatic heterocycles. The van der Waals surface area contributed by atoms with Gasteiger partial charge in [-0.2, -0.15) is 0 Å². The molecule has 1 aromatic rings. The Bertz CT molecular complexity index is 632.